The molecule has 0 aliphatic heterocycles. The fourth-order valence-corrected chi connectivity index (χ4v) is 2.97. The summed E-state index contributed by atoms with van der Waals surface area (Å²) < 4.78 is 15.7. The van der Waals surface area contributed by atoms with E-state index in [2.05, 4.69) is 5.32 Å². The van der Waals surface area contributed by atoms with E-state index in [9.17, 15) is 9.59 Å². The number of carbonyl (C=O) groups is 2. The molecule has 3 aromatic rings. The average Bonchev–Trinajstić information content (AvgIpc) is 2.73. The van der Waals surface area contributed by atoms with Crippen LogP contribution in [0.3, 0.4) is 0 Å². The fourth-order valence-electron chi connectivity index (χ4n) is 2.97. The summed E-state index contributed by atoms with van der Waals surface area (Å²) in [6.45, 7) is 1.54. The summed E-state index contributed by atoms with van der Waals surface area (Å²) in [6, 6.07) is 18.7. The molecule has 0 saturated carbocycles. The van der Waals surface area contributed by atoms with E-state index in [4.69, 9.17) is 14.2 Å². The first-order valence-corrected chi connectivity index (χ1v) is 9.20. The number of benzene rings is 3. The minimum absolute atomic E-state index is 0.0960. The molecule has 0 unspecified atom stereocenters. The highest BCUT2D eigenvalue weighted by atomic mass is 16.5. The molecule has 0 saturated heterocycles. The Kier molecular flexibility index (Phi) is 6.34. The first-order valence-electron chi connectivity index (χ1n) is 9.20. The monoisotopic (exact) mass is 393 g/mol. The van der Waals surface area contributed by atoms with Crippen LogP contribution in [0.2, 0.25) is 0 Å². The van der Waals surface area contributed by atoms with Crippen molar-refractivity contribution in [3.05, 3.63) is 66.2 Å². The third-order valence-electron chi connectivity index (χ3n) is 4.49. The maximum Gasteiger partial charge on any atom is 0.311 e. The van der Waals surface area contributed by atoms with E-state index < -0.39 is 18.0 Å². The van der Waals surface area contributed by atoms with Crippen molar-refractivity contribution in [1.82, 2.24) is 0 Å². The quantitative estimate of drug-likeness (QED) is 0.615. The van der Waals surface area contributed by atoms with E-state index in [1.54, 1.807) is 18.2 Å². The zero-order valence-electron chi connectivity index (χ0n) is 16.6. The van der Waals surface area contributed by atoms with Gasteiger partial charge >= 0.3 is 5.97 Å². The van der Waals surface area contributed by atoms with E-state index in [0.717, 1.165) is 16.3 Å². The van der Waals surface area contributed by atoms with Gasteiger partial charge in [0.1, 0.15) is 0 Å². The summed E-state index contributed by atoms with van der Waals surface area (Å²) in [5.74, 6) is 0.158. The minimum atomic E-state index is -0.934. The SMILES string of the molecule is COc1ccc(NC(=O)[C@H](C)OC(=O)Cc2ccc3ccccc3c2)cc1OC. The predicted molar refractivity (Wildman–Crippen MR) is 111 cm³/mol. The van der Waals surface area contributed by atoms with Crippen LogP contribution in [0.5, 0.6) is 11.5 Å². The molecule has 0 spiro atoms. The maximum absolute atomic E-state index is 12.4. The van der Waals surface area contributed by atoms with Crippen LogP contribution in [-0.4, -0.2) is 32.2 Å². The lowest BCUT2D eigenvalue weighted by Crippen LogP contribution is -2.30. The number of nitrogens with one attached hydrogen (secondary N) is 1. The van der Waals surface area contributed by atoms with Crippen LogP contribution < -0.4 is 14.8 Å². The number of ether oxygens (including phenoxy) is 3. The van der Waals surface area contributed by atoms with Gasteiger partial charge in [0, 0.05) is 11.8 Å². The highest BCUT2D eigenvalue weighted by Gasteiger charge is 2.19. The number of amides is 1. The molecule has 1 atom stereocenters. The van der Waals surface area contributed by atoms with Crippen LogP contribution in [0.25, 0.3) is 10.8 Å². The lowest BCUT2D eigenvalue weighted by molar-refractivity contribution is -0.152. The predicted octanol–water partition coefficient (Wildman–Crippen LogP) is 3.97. The van der Waals surface area contributed by atoms with Crippen molar-refractivity contribution in [3.63, 3.8) is 0 Å². The van der Waals surface area contributed by atoms with E-state index in [1.165, 1.54) is 21.1 Å². The van der Waals surface area contributed by atoms with Gasteiger partial charge in [-0.2, -0.15) is 0 Å². The highest BCUT2D eigenvalue weighted by molar-refractivity contribution is 5.95. The largest absolute Gasteiger partial charge is 0.493 e. The normalized spacial score (nSPS) is 11.6. The van der Waals surface area contributed by atoms with Crippen molar-refractivity contribution < 1.29 is 23.8 Å². The highest BCUT2D eigenvalue weighted by Crippen LogP contribution is 2.29. The van der Waals surface area contributed by atoms with Gasteiger partial charge in [0.25, 0.3) is 5.91 Å². The molecule has 1 amide bonds. The molecule has 3 rings (SSSR count). The van der Waals surface area contributed by atoms with Crippen LogP contribution in [0.15, 0.2) is 60.7 Å². The number of anilines is 1. The van der Waals surface area contributed by atoms with Gasteiger partial charge in [0.2, 0.25) is 0 Å². The van der Waals surface area contributed by atoms with Crippen molar-refractivity contribution in [2.75, 3.05) is 19.5 Å². The molecule has 6 nitrogen and oxygen atoms in total. The average molecular weight is 393 g/mol. The molecule has 0 aliphatic rings. The van der Waals surface area contributed by atoms with Crippen LogP contribution in [-0.2, 0) is 20.7 Å². The van der Waals surface area contributed by atoms with Gasteiger partial charge < -0.3 is 19.5 Å². The molecule has 3 aromatic carbocycles. The summed E-state index contributed by atoms with van der Waals surface area (Å²) in [5, 5.41) is 4.87. The molecule has 1 N–H and O–H groups in total. The Morgan fingerprint density at radius 3 is 2.34 bits per heavy atom. The summed E-state index contributed by atoms with van der Waals surface area (Å²) >= 11 is 0. The molecule has 0 fully saturated rings. The molecule has 0 bridgehead atoms. The summed E-state index contributed by atoms with van der Waals surface area (Å²) in [7, 11) is 3.05. The van der Waals surface area contributed by atoms with Gasteiger partial charge in [-0.1, -0.05) is 42.5 Å². The number of methoxy groups -OCH3 is 2. The third kappa shape index (κ3) is 5.04. The lowest BCUT2D eigenvalue weighted by Gasteiger charge is -2.15. The van der Waals surface area contributed by atoms with Gasteiger partial charge in [-0.15, -0.1) is 0 Å². The molecular formula is C23H23NO5. The minimum Gasteiger partial charge on any atom is -0.493 e. The summed E-state index contributed by atoms with van der Waals surface area (Å²) in [6.07, 6.45) is -0.838. The molecule has 0 heterocycles. The smallest absolute Gasteiger partial charge is 0.311 e. The lowest BCUT2D eigenvalue weighted by atomic mass is 10.1. The van der Waals surface area contributed by atoms with E-state index in [0.29, 0.717) is 17.2 Å². The van der Waals surface area contributed by atoms with Crippen LogP contribution >= 0.6 is 0 Å². The first-order chi connectivity index (χ1) is 14.0. The van der Waals surface area contributed by atoms with Gasteiger partial charge in [0.05, 0.1) is 20.6 Å². The topological polar surface area (TPSA) is 73.9 Å². The van der Waals surface area contributed by atoms with Crippen molar-refractivity contribution in [1.29, 1.82) is 0 Å². The van der Waals surface area contributed by atoms with Crippen molar-refractivity contribution >= 4 is 28.3 Å². The number of esters is 1. The Labute approximate surface area is 169 Å². The number of rotatable bonds is 7. The number of hydrogen-bond donors (Lipinski definition) is 1. The third-order valence-corrected chi connectivity index (χ3v) is 4.49. The zero-order chi connectivity index (χ0) is 20.8. The molecule has 0 radical (unpaired) electrons. The molecular weight excluding hydrogens is 370 g/mol. The van der Waals surface area contributed by atoms with Crippen LogP contribution in [0.1, 0.15) is 12.5 Å². The van der Waals surface area contributed by atoms with Gasteiger partial charge in [-0.05, 0) is 35.4 Å². The Morgan fingerprint density at radius 1 is 0.897 bits per heavy atom. The van der Waals surface area contributed by atoms with Crippen molar-refractivity contribution in [2.24, 2.45) is 0 Å². The van der Waals surface area contributed by atoms with Crippen LogP contribution in [0, 0.1) is 0 Å². The fraction of sp³-hybridized carbons (Fsp3) is 0.217. The summed E-state index contributed by atoms with van der Waals surface area (Å²) in [5.41, 5.74) is 1.35. The first kappa shape index (κ1) is 20.2. The maximum atomic E-state index is 12.4. The van der Waals surface area contributed by atoms with Gasteiger partial charge in [-0.25, -0.2) is 0 Å². The van der Waals surface area contributed by atoms with Crippen LogP contribution in [0.4, 0.5) is 5.69 Å². The van der Waals surface area contributed by atoms with Crippen molar-refractivity contribution in [3.8, 4) is 11.5 Å². The second-order valence-corrected chi connectivity index (χ2v) is 6.55. The molecule has 0 aliphatic carbocycles. The van der Waals surface area contributed by atoms with Gasteiger partial charge in [0.15, 0.2) is 17.6 Å². The van der Waals surface area contributed by atoms with E-state index in [-0.39, 0.29) is 6.42 Å². The Bertz CT molecular complexity index is 1030. The number of fused-ring (bicyclic) bond motifs is 1. The van der Waals surface area contributed by atoms with Gasteiger partial charge in [-0.3, -0.25) is 9.59 Å². The van der Waals surface area contributed by atoms with E-state index in [1.807, 2.05) is 42.5 Å². The second-order valence-electron chi connectivity index (χ2n) is 6.55. The molecule has 29 heavy (non-hydrogen) atoms. The zero-order valence-corrected chi connectivity index (χ0v) is 16.6. The molecule has 150 valence electrons. The second kappa shape index (κ2) is 9.10. The summed E-state index contributed by atoms with van der Waals surface area (Å²) in [4.78, 5) is 24.6. The Balaban J connectivity index is 1.59. The standard InChI is InChI=1S/C23H23NO5/c1-15(23(26)24-19-10-11-20(27-2)21(14-19)28-3)29-22(25)13-16-8-9-17-6-4-5-7-18(17)12-16/h4-12,14-15H,13H2,1-3H3,(H,24,26)/t15-/m0/s1. The van der Waals surface area contributed by atoms with E-state index >= 15 is 0 Å². The number of hydrogen-bond acceptors (Lipinski definition) is 5. The van der Waals surface area contributed by atoms with Crippen molar-refractivity contribution in [2.45, 2.75) is 19.4 Å². The molecule has 0 aromatic heterocycles. The number of carbonyl (C=O) groups excluding carboxylic acids is 2. The molecule has 6 heteroatoms. The Hall–Kier alpha value is -3.54. The Morgan fingerprint density at radius 2 is 1.62 bits per heavy atom.